The highest BCUT2D eigenvalue weighted by molar-refractivity contribution is 7.47. The van der Waals surface area contributed by atoms with E-state index < -0.39 is 19.8 Å². The van der Waals surface area contributed by atoms with E-state index in [1.165, 1.54) is 39.8 Å². The first kappa shape index (κ1) is 32.4. The topological polar surface area (TPSA) is 171 Å². The van der Waals surface area contributed by atoms with Crippen molar-refractivity contribution >= 4 is 37.7 Å². The number of methoxy groups -OCH3 is 3. The molecule has 16 heteroatoms. The number of hydrogen-bond donors (Lipinski definition) is 2. The number of nitrogen functional groups attached to an aromatic ring is 1. The van der Waals surface area contributed by atoms with E-state index in [0.717, 1.165) is 0 Å². The summed E-state index contributed by atoms with van der Waals surface area (Å²) in [4.78, 5) is 34.0. The number of anilines is 1. The van der Waals surface area contributed by atoms with E-state index >= 15 is 0 Å². The van der Waals surface area contributed by atoms with Crippen LogP contribution in [0.15, 0.2) is 59.3 Å². The first-order chi connectivity index (χ1) is 21.4. The van der Waals surface area contributed by atoms with Gasteiger partial charge < -0.3 is 43.0 Å². The second kappa shape index (κ2) is 15.8. The molecule has 0 radical (unpaired) electrons. The zero-order valence-corrected chi connectivity index (χ0v) is 25.0. The number of rotatable bonds is 17. The van der Waals surface area contributed by atoms with E-state index in [4.69, 9.17) is 38.5 Å². The third kappa shape index (κ3) is 8.29. The highest BCUT2D eigenvalue weighted by Gasteiger charge is 2.19. The van der Waals surface area contributed by atoms with Gasteiger partial charge in [-0.3, -0.25) is 14.6 Å². The van der Waals surface area contributed by atoms with Crippen molar-refractivity contribution in [1.29, 1.82) is 0 Å². The van der Waals surface area contributed by atoms with E-state index in [2.05, 4.69) is 15.0 Å². The number of imidazole rings is 1. The summed E-state index contributed by atoms with van der Waals surface area (Å²) in [5.74, 6) is 0.528. The van der Waals surface area contributed by atoms with Gasteiger partial charge in [0.05, 0.1) is 40.9 Å². The maximum atomic E-state index is 14.2. The molecule has 1 atom stereocenters. The molecule has 0 fully saturated rings. The molecule has 0 aliphatic heterocycles. The van der Waals surface area contributed by atoms with Crippen molar-refractivity contribution in [1.82, 2.24) is 19.5 Å². The molecule has 2 aromatic carbocycles. The van der Waals surface area contributed by atoms with E-state index in [1.807, 2.05) is 0 Å². The lowest BCUT2D eigenvalue weighted by atomic mass is 10.1. The van der Waals surface area contributed by atoms with Crippen LogP contribution in [0.2, 0.25) is 0 Å². The Morgan fingerprint density at radius 2 is 1.91 bits per heavy atom. The molecule has 0 aliphatic rings. The van der Waals surface area contributed by atoms with Crippen LogP contribution in [0.1, 0.15) is 11.1 Å². The molecule has 3 N–H and O–H groups in total. The molecule has 2 heterocycles. The summed E-state index contributed by atoms with van der Waals surface area (Å²) >= 11 is 0. The molecular formula is C28H31FN5O9P. The van der Waals surface area contributed by atoms with Gasteiger partial charge in [0.2, 0.25) is 5.95 Å². The fraction of sp³-hybridized carbons (Fsp3) is 0.286. The Morgan fingerprint density at radius 1 is 1.11 bits per heavy atom. The number of nitrogens with zero attached hydrogens (tertiary/aromatic N) is 3. The molecule has 0 amide bonds. The van der Waals surface area contributed by atoms with Gasteiger partial charge in [0.1, 0.15) is 18.7 Å². The van der Waals surface area contributed by atoms with Crippen LogP contribution in [0.4, 0.5) is 10.3 Å². The third-order valence-electron chi connectivity index (χ3n) is 6.12. The number of ether oxygens (including phenoxy) is 5. The van der Waals surface area contributed by atoms with Gasteiger partial charge >= 0.3 is 0 Å². The molecule has 0 aliphatic carbocycles. The zero-order valence-electron chi connectivity index (χ0n) is 24.2. The number of benzene rings is 2. The Balaban J connectivity index is 1.46. The van der Waals surface area contributed by atoms with E-state index in [0.29, 0.717) is 29.1 Å². The average Bonchev–Trinajstić information content (AvgIpc) is 3.44. The number of H-pyrrole nitrogens is 1. The molecule has 14 nitrogen and oxygen atoms in total. The minimum Gasteiger partial charge on any atom is -0.497 e. The first-order valence-electron chi connectivity index (χ1n) is 13.0. The monoisotopic (exact) mass is 631 g/mol. The van der Waals surface area contributed by atoms with Gasteiger partial charge in [-0.25, -0.2) is 9.37 Å². The Bertz CT molecular complexity index is 1650. The van der Waals surface area contributed by atoms with Gasteiger partial charge in [0, 0.05) is 12.1 Å². The predicted octanol–water partition coefficient (Wildman–Crippen LogP) is 3.57. The first-order valence-corrected chi connectivity index (χ1v) is 14.4. The summed E-state index contributed by atoms with van der Waals surface area (Å²) in [6, 6.07) is 11.3. The van der Waals surface area contributed by atoms with Crippen LogP contribution >= 0.6 is 8.38 Å². The lowest BCUT2D eigenvalue weighted by Crippen LogP contribution is -2.13. The molecule has 2 aromatic heterocycles. The third-order valence-corrected chi connectivity index (χ3v) is 7.34. The molecule has 4 rings (SSSR count). The summed E-state index contributed by atoms with van der Waals surface area (Å²) < 4.78 is 54.6. The van der Waals surface area contributed by atoms with Crippen molar-refractivity contribution in [2.24, 2.45) is 0 Å². The van der Waals surface area contributed by atoms with E-state index in [-0.39, 0.29) is 61.4 Å². The van der Waals surface area contributed by atoms with Crippen molar-refractivity contribution < 1.29 is 41.9 Å². The lowest BCUT2D eigenvalue weighted by Gasteiger charge is -2.20. The largest absolute Gasteiger partial charge is 0.497 e. The maximum absolute atomic E-state index is 14.2. The van der Waals surface area contributed by atoms with Crippen LogP contribution in [0.25, 0.3) is 16.9 Å². The standard InChI is InChI=1S/C28H31FN5O9P/c1-37-20-7-5-19(6-8-20)25(41-16-35)23(39-3)14-43-44(42-13-18-4-9-22(38-2)21(29)12-18)17-40-11-10-34-15-31-24-26(34)32-28(30)33-27(24)36/h4-9,12,15-16H,10-11,13-14,17H2,1-3H3,(H3,30,32,33,36)/b25-23-. The summed E-state index contributed by atoms with van der Waals surface area (Å²) in [6.07, 6.45) is 1.48. The zero-order chi connectivity index (χ0) is 31.5. The number of aromatic amines is 1. The summed E-state index contributed by atoms with van der Waals surface area (Å²) in [6.45, 7) is 0.639. The molecule has 44 heavy (non-hydrogen) atoms. The lowest BCUT2D eigenvalue weighted by molar-refractivity contribution is -0.122. The Kier molecular flexibility index (Phi) is 11.6. The molecular weight excluding hydrogens is 600 g/mol. The van der Waals surface area contributed by atoms with Gasteiger partial charge in [-0.05, 0) is 42.0 Å². The number of hydrogen-bond acceptors (Lipinski definition) is 12. The summed E-state index contributed by atoms with van der Waals surface area (Å²) in [5, 5.41) is 0. The normalized spacial score (nSPS) is 12.5. The molecule has 0 spiro atoms. The van der Waals surface area contributed by atoms with Gasteiger partial charge in [-0.1, -0.05) is 6.07 Å². The number of nitrogens with two attached hydrogens (primary N) is 1. The van der Waals surface area contributed by atoms with Crippen LogP contribution in [0.3, 0.4) is 0 Å². The van der Waals surface area contributed by atoms with Crippen LogP contribution in [0.5, 0.6) is 11.5 Å². The van der Waals surface area contributed by atoms with Crippen LogP contribution in [0, 0.1) is 5.82 Å². The number of nitrogens with one attached hydrogen (secondary N) is 1. The summed E-state index contributed by atoms with van der Waals surface area (Å²) in [7, 11) is 2.60. The van der Waals surface area contributed by atoms with Gasteiger partial charge in [-0.2, -0.15) is 4.98 Å². The van der Waals surface area contributed by atoms with E-state index in [9.17, 15) is 14.0 Å². The number of halogens is 1. The van der Waals surface area contributed by atoms with Gasteiger partial charge in [0.15, 0.2) is 42.6 Å². The SMILES string of the molecule is CO/C(COP(COCCn1cnc2c(=O)[nH]c(N)nc21)OCc1ccc(OC)c(F)c1)=C(\OC=O)c1ccc(OC)cc1. The second-order valence-corrected chi connectivity index (χ2v) is 10.3. The maximum Gasteiger partial charge on any atom is 0.298 e. The highest BCUT2D eigenvalue weighted by Crippen LogP contribution is 2.40. The van der Waals surface area contributed by atoms with Crippen LogP contribution in [-0.2, 0) is 41.2 Å². The average molecular weight is 632 g/mol. The molecule has 0 saturated carbocycles. The number of aromatic nitrogens is 4. The fourth-order valence-corrected chi connectivity index (χ4v) is 4.98. The Hall–Kier alpha value is -4.56. The molecule has 1 unspecified atom stereocenters. The number of fused-ring (bicyclic) bond motifs is 1. The Labute approximate surface area is 252 Å². The fourth-order valence-electron chi connectivity index (χ4n) is 3.93. The minimum atomic E-state index is -1.74. The van der Waals surface area contributed by atoms with Crippen LogP contribution < -0.4 is 20.8 Å². The van der Waals surface area contributed by atoms with Crippen molar-refractivity contribution in [2.75, 3.05) is 46.6 Å². The smallest absolute Gasteiger partial charge is 0.298 e. The predicted molar refractivity (Wildman–Crippen MR) is 158 cm³/mol. The van der Waals surface area contributed by atoms with Gasteiger partial charge in [0.25, 0.3) is 12.0 Å². The van der Waals surface area contributed by atoms with Crippen molar-refractivity contribution in [3.8, 4) is 11.5 Å². The Morgan fingerprint density at radius 3 is 2.59 bits per heavy atom. The van der Waals surface area contributed by atoms with Crippen molar-refractivity contribution in [2.45, 2.75) is 13.2 Å². The number of carbonyl (C=O) groups excluding carboxylic acids is 1. The van der Waals surface area contributed by atoms with E-state index in [1.54, 1.807) is 34.9 Å². The molecule has 234 valence electrons. The highest BCUT2D eigenvalue weighted by atomic mass is 31.2. The molecule has 0 bridgehead atoms. The molecule has 4 aromatic rings. The number of carbonyl (C=O) groups is 1. The quantitative estimate of drug-likeness (QED) is 0.0753. The van der Waals surface area contributed by atoms with Gasteiger partial charge in [-0.15, -0.1) is 0 Å². The van der Waals surface area contributed by atoms with Crippen LogP contribution in [-0.4, -0.2) is 66.9 Å². The second-order valence-electron chi connectivity index (χ2n) is 8.85. The van der Waals surface area contributed by atoms with Crippen molar-refractivity contribution in [3.63, 3.8) is 0 Å². The van der Waals surface area contributed by atoms with Crippen molar-refractivity contribution in [3.05, 3.63) is 81.8 Å². The minimum absolute atomic E-state index is 0.0102. The summed E-state index contributed by atoms with van der Waals surface area (Å²) in [5.41, 5.74) is 6.80. The molecule has 0 saturated heterocycles.